The molecule has 5 heteroatoms. The maximum atomic E-state index is 5.61. The number of hydrogen-bond donors (Lipinski definition) is 1. The van der Waals surface area contributed by atoms with Crippen molar-refractivity contribution in [1.82, 2.24) is 15.2 Å². The first-order valence-corrected chi connectivity index (χ1v) is 7.92. The molecular weight excluding hydrogens is 270 g/mol. The van der Waals surface area contributed by atoms with Gasteiger partial charge < -0.3 is 9.73 Å². The molecule has 0 spiro atoms. The van der Waals surface area contributed by atoms with Crippen LogP contribution >= 0.6 is 11.3 Å². The maximum absolute atomic E-state index is 5.61. The van der Waals surface area contributed by atoms with Gasteiger partial charge in [-0.05, 0) is 33.0 Å². The summed E-state index contributed by atoms with van der Waals surface area (Å²) >= 11 is 1.70. The molecular formula is C15H23N3OS. The molecule has 0 aliphatic heterocycles. The molecule has 0 radical (unpaired) electrons. The van der Waals surface area contributed by atoms with Crippen LogP contribution in [0.3, 0.4) is 0 Å². The van der Waals surface area contributed by atoms with Crippen LogP contribution in [0.2, 0.25) is 0 Å². The Balaban J connectivity index is 1.87. The summed E-state index contributed by atoms with van der Waals surface area (Å²) in [5, 5.41) is 6.66. The fraction of sp³-hybridized carbons (Fsp3) is 0.533. The summed E-state index contributed by atoms with van der Waals surface area (Å²) in [7, 11) is 2.10. The normalized spacial score (nSPS) is 11.4. The van der Waals surface area contributed by atoms with Gasteiger partial charge in [-0.15, -0.1) is 11.3 Å². The van der Waals surface area contributed by atoms with Crippen LogP contribution in [0.1, 0.15) is 35.4 Å². The molecule has 20 heavy (non-hydrogen) atoms. The lowest BCUT2D eigenvalue weighted by atomic mass is 10.2. The standard InChI is InChI=1S/C15H23N3OS/c1-4-6-16-8-13-5-7-19-15(13)10-18(3)9-14-11-20-12(2)17-14/h5,7,11,16H,4,6,8-10H2,1-3H3. The van der Waals surface area contributed by atoms with Crippen molar-refractivity contribution in [2.45, 2.75) is 39.9 Å². The first-order valence-electron chi connectivity index (χ1n) is 7.04. The van der Waals surface area contributed by atoms with Gasteiger partial charge in [0.2, 0.25) is 0 Å². The Bertz CT molecular complexity index is 521. The average Bonchev–Trinajstić information content (AvgIpc) is 3.00. The zero-order valence-electron chi connectivity index (χ0n) is 12.5. The Morgan fingerprint density at radius 1 is 1.40 bits per heavy atom. The molecule has 4 nitrogen and oxygen atoms in total. The highest BCUT2D eigenvalue weighted by Gasteiger charge is 2.10. The zero-order valence-corrected chi connectivity index (χ0v) is 13.3. The van der Waals surface area contributed by atoms with Gasteiger partial charge in [0.25, 0.3) is 0 Å². The Kier molecular flexibility index (Phi) is 5.76. The third-order valence-corrected chi connectivity index (χ3v) is 3.91. The monoisotopic (exact) mass is 293 g/mol. The van der Waals surface area contributed by atoms with Crippen molar-refractivity contribution in [1.29, 1.82) is 0 Å². The number of hydrogen-bond acceptors (Lipinski definition) is 5. The number of aryl methyl sites for hydroxylation is 1. The van der Waals surface area contributed by atoms with Gasteiger partial charge in [-0.1, -0.05) is 6.92 Å². The van der Waals surface area contributed by atoms with Gasteiger partial charge in [-0.2, -0.15) is 0 Å². The molecule has 0 saturated heterocycles. The topological polar surface area (TPSA) is 41.3 Å². The number of rotatable bonds is 8. The van der Waals surface area contributed by atoms with E-state index in [-0.39, 0.29) is 0 Å². The van der Waals surface area contributed by atoms with Crippen molar-refractivity contribution in [2.24, 2.45) is 0 Å². The van der Waals surface area contributed by atoms with E-state index in [0.717, 1.165) is 49.1 Å². The first kappa shape index (κ1) is 15.2. The number of thiazole rings is 1. The van der Waals surface area contributed by atoms with E-state index in [0.29, 0.717) is 0 Å². The van der Waals surface area contributed by atoms with Gasteiger partial charge >= 0.3 is 0 Å². The molecule has 2 aromatic rings. The highest BCUT2D eigenvalue weighted by atomic mass is 32.1. The van der Waals surface area contributed by atoms with E-state index < -0.39 is 0 Å². The zero-order chi connectivity index (χ0) is 14.4. The predicted octanol–water partition coefficient (Wildman–Crippen LogP) is 3.18. The summed E-state index contributed by atoms with van der Waals surface area (Å²) in [6, 6.07) is 2.05. The molecule has 2 heterocycles. The molecule has 0 unspecified atom stereocenters. The lowest BCUT2D eigenvalue weighted by molar-refractivity contribution is 0.283. The first-order chi connectivity index (χ1) is 9.69. The maximum Gasteiger partial charge on any atom is 0.122 e. The van der Waals surface area contributed by atoms with Crippen molar-refractivity contribution in [3.8, 4) is 0 Å². The van der Waals surface area contributed by atoms with E-state index in [2.05, 4.69) is 40.6 Å². The molecule has 0 bridgehead atoms. The fourth-order valence-electron chi connectivity index (χ4n) is 2.12. The quantitative estimate of drug-likeness (QED) is 0.759. The van der Waals surface area contributed by atoms with Gasteiger partial charge in [-0.25, -0.2) is 4.98 Å². The molecule has 2 aromatic heterocycles. The van der Waals surface area contributed by atoms with Gasteiger partial charge in [0, 0.05) is 24.0 Å². The van der Waals surface area contributed by atoms with Crippen molar-refractivity contribution in [2.75, 3.05) is 13.6 Å². The van der Waals surface area contributed by atoms with E-state index in [4.69, 9.17) is 4.42 Å². The van der Waals surface area contributed by atoms with E-state index in [1.54, 1.807) is 17.6 Å². The molecule has 0 amide bonds. The summed E-state index contributed by atoms with van der Waals surface area (Å²) in [5.74, 6) is 1.04. The number of furan rings is 1. The second-order valence-corrected chi connectivity index (χ2v) is 6.14. The Hall–Kier alpha value is -1.17. The molecule has 0 aliphatic carbocycles. The second kappa shape index (κ2) is 7.57. The predicted molar refractivity (Wildman–Crippen MR) is 82.7 cm³/mol. The van der Waals surface area contributed by atoms with Crippen molar-refractivity contribution >= 4 is 11.3 Å². The van der Waals surface area contributed by atoms with Crippen LogP contribution in [0.5, 0.6) is 0 Å². The fourth-order valence-corrected chi connectivity index (χ4v) is 2.73. The van der Waals surface area contributed by atoms with Crippen molar-refractivity contribution in [3.05, 3.63) is 39.7 Å². The van der Waals surface area contributed by atoms with E-state index in [1.807, 2.05) is 6.92 Å². The van der Waals surface area contributed by atoms with Crippen LogP contribution in [0, 0.1) is 6.92 Å². The second-order valence-electron chi connectivity index (χ2n) is 5.08. The number of aromatic nitrogens is 1. The van der Waals surface area contributed by atoms with Crippen molar-refractivity contribution < 1.29 is 4.42 Å². The SMILES string of the molecule is CCCNCc1ccoc1CN(C)Cc1csc(C)n1. The van der Waals surface area contributed by atoms with Crippen LogP contribution in [0.15, 0.2) is 22.1 Å². The molecule has 1 N–H and O–H groups in total. The van der Waals surface area contributed by atoms with E-state index in [1.165, 1.54) is 5.56 Å². The smallest absolute Gasteiger partial charge is 0.122 e. The summed E-state index contributed by atoms with van der Waals surface area (Å²) < 4.78 is 5.61. The minimum atomic E-state index is 0.812. The van der Waals surface area contributed by atoms with Gasteiger partial charge in [0.05, 0.1) is 23.5 Å². The molecule has 0 fully saturated rings. The summed E-state index contributed by atoms with van der Waals surface area (Å²) in [5.41, 5.74) is 2.38. The van der Waals surface area contributed by atoms with E-state index in [9.17, 15) is 0 Å². The molecule has 0 aromatic carbocycles. The van der Waals surface area contributed by atoms with Crippen LogP contribution in [-0.4, -0.2) is 23.5 Å². The Morgan fingerprint density at radius 3 is 2.95 bits per heavy atom. The molecule has 0 saturated carbocycles. The molecule has 110 valence electrons. The van der Waals surface area contributed by atoms with Gasteiger partial charge in [-0.3, -0.25) is 4.90 Å². The molecule has 2 rings (SSSR count). The average molecular weight is 293 g/mol. The lowest BCUT2D eigenvalue weighted by Gasteiger charge is -2.14. The largest absolute Gasteiger partial charge is 0.468 e. The Morgan fingerprint density at radius 2 is 2.25 bits per heavy atom. The van der Waals surface area contributed by atoms with Crippen LogP contribution in [-0.2, 0) is 19.6 Å². The third-order valence-electron chi connectivity index (χ3n) is 3.09. The van der Waals surface area contributed by atoms with Crippen molar-refractivity contribution in [3.63, 3.8) is 0 Å². The minimum Gasteiger partial charge on any atom is -0.468 e. The lowest BCUT2D eigenvalue weighted by Crippen LogP contribution is -2.19. The van der Waals surface area contributed by atoms with Crippen LogP contribution < -0.4 is 5.32 Å². The summed E-state index contributed by atoms with van der Waals surface area (Å²) in [6.45, 7) is 7.80. The van der Waals surface area contributed by atoms with Gasteiger partial charge in [0.15, 0.2) is 0 Å². The highest BCUT2D eigenvalue weighted by Crippen LogP contribution is 2.15. The van der Waals surface area contributed by atoms with Gasteiger partial charge in [0.1, 0.15) is 5.76 Å². The van der Waals surface area contributed by atoms with Crippen LogP contribution in [0.4, 0.5) is 0 Å². The molecule has 0 atom stereocenters. The highest BCUT2D eigenvalue weighted by molar-refractivity contribution is 7.09. The Labute approximate surface area is 124 Å². The molecule has 0 aliphatic rings. The van der Waals surface area contributed by atoms with E-state index >= 15 is 0 Å². The minimum absolute atomic E-state index is 0.812. The summed E-state index contributed by atoms with van der Waals surface area (Å²) in [4.78, 5) is 6.73. The third kappa shape index (κ3) is 4.44. The number of nitrogens with zero attached hydrogens (tertiary/aromatic N) is 2. The van der Waals surface area contributed by atoms with Crippen LogP contribution in [0.25, 0.3) is 0 Å². The number of nitrogens with one attached hydrogen (secondary N) is 1. The summed E-state index contributed by atoms with van der Waals surface area (Å²) in [6.07, 6.45) is 2.93.